The van der Waals surface area contributed by atoms with E-state index in [9.17, 15) is 0 Å². The lowest BCUT2D eigenvalue weighted by Crippen LogP contribution is -2.13. The van der Waals surface area contributed by atoms with E-state index < -0.39 is 0 Å². The van der Waals surface area contributed by atoms with Gasteiger partial charge in [-0.25, -0.2) is 0 Å². The second kappa shape index (κ2) is 5.79. The summed E-state index contributed by atoms with van der Waals surface area (Å²) in [4.78, 5) is 0. The van der Waals surface area contributed by atoms with Gasteiger partial charge >= 0.3 is 0 Å². The Balaban J connectivity index is 1.84. The summed E-state index contributed by atoms with van der Waals surface area (Å²) in [7, 11) is 0. The number of aromatic nitrogens is 3. The Labute approximate surface area is 106 Å². The van der Waals surface area contributed by atoms with Gasteiger partial charge in [-0.3, -0.25) is 4.68 Å². The van der Waals surface area contributed by atoms with Crippen molar-refractivity contribution in [1.29, 1.82) is 0 Å². The van der Waals surface area contributed by atoms with Gasteiger partial charge in [0.05, 0.1) is 25.0 Å². The highest BCUT2D eigenvalue weighted by Crippen LogP contribution is 2.11. The van der Waals surface area contributed by atoms with Crippen molar-refractivity contribution < 1.29 is 9.63 Å². The minimum atomic E-state index is 0.105. The van der Waals surface area contributed by atoms with Crippen molar-refractivity contribution >= 4 is 0 Å². The summed E-state index contributed by atoms with van der Waals surface area (Å²) in [5, 5.41) is 20.2. The van der Waals surface area contributed by atoms with Crippen LogP contribution in [0.2, 0.25) is 0 Å². The van der Waals surface area contributed by atoms with Crippen LogP contribution < -0.4 is 5.32 Å². The van der Waals surface area contributed by atoms with E-state index in [0.717, 1.165) is 35.7 Å². The normalized spacial score (nSPS) is 11.1. The Bertz CT molecular complexity index is 484. The number of rotatable bonds is 6. The quantitative estimate of drug-likeness (QED) is 0.792. The topological polar surface area (TPSA) is 76.1 Å². The fourth-order valence-electron chi connectivity index (χ4n) is 1.81. The van der Waals surface area contributed by atoms with Crippen LogP contribution in [0.3, 0.4) is 0 Å². The Hall–Kier alpha value is -1.66. The summed E-state index contributed by atoms with van der Waals surface area (Å²) in [5.41, 5.74) is 3.13. The predicted molar refractivity (Wildman–Crippen MR) is 65.8 cm³/mol. The van der Waals surface area contributed by atoms with Gasteiger partial charge in [-0.15, -0.1) is 0 Å². The lowest BCUT2D eigenvalue weighted by atomic mass is 10.2. The SMILES string of the molecule is Cc1noc(C)c1CNCc1cnn(CCO)c1. The van der Waals surface area contributed by atoms with Crippen LogP contribution in [-0.4, -0.2) is 26.7 Å². The molecule has 0 aliphatic rings. The highest BCUT2D eigenvalue weighted by Gasteiger charge is 2.08. The predicted octanol–water partition coefficient (Wildman–Crippen LogP) is 0.770. The molecule has 18 heavy (non-hydrogen) atoms. The molecule has 0 amide bonds. The molecule has 0 bridgehead atoms. The number of aryl methyl sites for hydroxylation is 2. The largest absolute Gasteiger partial charge is 0.394 e. The molecule has 2 rings (SSSR count). The molecule has 0 spiro atoms. The van der Waals surface area contributed by atoms with Gasteiger partial charge in [-0.2, -0.15) is 5.10 Å². The third kappa shape index (κ3) is 2.96. The maximum absolute atomic E-state index is 8.80. The molecular weight excluding hydrogens is 232 g/mol. The molecule has 0 atom stereocenters. The lowest BCUT2D eigenvalue weighted by Gasteiger charge is -2.02. The smallest absolute Gasteiger partial charge is 0.138 e. The van der Waals surface area contributed by atoms with E-state index in [1.165, 1.54) is 0 Å². The van der Waals surface area contributed by atoms with Crippen LogP contribution in [-0.2, 0) is 19.6 Å². The monoisotopic (exact) mass is 250 g/mol. The maximum atomic E-state index is 8.80. The van der Waals surface area contributed by atoms with Gasteiger partial charge in [0.2, 0.25) is 0 Å². The van der Waals surface area contributed by atoms with Crippen molar-refractivity contribution in [2.45, 2.75) is 33.5 Å². The number of aliphatic hydroxyl groups is 1. The Morgan fingerprint density at radius 3 is 2.89 bits per heavy atom. The molecule has 0 saturated heterocycles. The summed E-state index contributed by atoms with van der Waals surface area (Å²) in [6, 6.07) is 0. The van der Waals surface area contributed by atoms with Gasteiger partial charge < -0.3 is 14.9 Å². The summed E-state index contributed by atoms with van der Waals surface area (Å²) in [6.45, 7) is 5.95. The highest BCUT2D eigenvalue weighted by atomic mass is 16.5. The minimum absolute atomic E-state index is 0.105. The summed E-state index contributed by atoms with van der Waals surface area (Å²) >= 11 is 0. The zero-order chi connectivity index (χ0) is 13.0. The zero-order valence-corrected chi connectivity index (χ0v) is 10.7. The molecule has 0 unspecified atom stereocenters. The fraction of sp³-hybridized carbons (Fsp3) is 0.500. The third-order valence-corrected chi connectivity index (χ3v) is 2.83. The van der Waals surface area contributed by atoms with Crippen LogP contribution in [0.25, 0.3) is 0 Å². The van der Waals surface area contributed by atoms with E-state index in [-0.39, 0.29) is 6.61 Å². The van der Waals surface area contributed by atoms with Crippen molar-refractivity contribution in [3.63, 3.8) is 0 Å². The molecule has 0 radical (unpaired) electrons. The average Bonchev–Trinajstić information content (AvgIpc) is 2.91. The molecule has 2 aromatic rings. The van der Waals surface area contributed by atoms with Crippen molar-refractivity contribution in [2.24, 2.45) is 0 Å². The van der Waals surface area contributed by atoms with Crippen molar-refractivity contribution in [3.05, 3.63) is 35.0 Å². The number of nitrogens with one attached hydrogen (secondary N) is 1. The van der Waals surface area contributed by atoms with E-state index in [4.69, 9.17) is 9.63 Å². The van der Waals surface area contributed by atoms with Gasteiger partial charge in [0, 0.05) is 30.4 Å². The van der Waals surface area contributed by atoms with Gasteiger partial charge in [0.1, 0.15) is 5.76 Å². The molecule has 0 fully saturated rings. The summed E-state index contributed by atoms with van der Waals surface area (Å²) in [5.74, 6) is 0.857. The molecule has 0 aliphatic heterocycles. The number of hydrogen-bond donors (Lipinski definition) is 2. The zero-order valence-electron chi connectivity index (χ0n) is 10.7. The van der Waals surface area contributed by atoms with Gasteiger partial charge in [-0.05, 0) is 13.8 Å². The molecular formula is C12H18N4O2. The van der Waals surface area contributed by atoms with Crippen molar-refractivity contribution in [2.75, 3.05) is 6.61 Å². The van der Waals surface area contributed by atoms with E-state index in [0.29, 0.717) is 6.54 Å². The molecule has 0 saturated carbocycles. The Morgan fingerprint density at radius 1 is 1.39 bits per heavy atom. The van der Waals surface area contributed by atoms with Crippen LogP contribution in [0.15, 0.2) is 16.9 Å². The second-order valence-electron chi connectivity index (χ2n) is 4.24. The molecule has 2 N–H and O–H groups in total. The molecule has 98 valence electrons. The fourth-order valence-corrected chi connectivity index (χ4v) is 1.81. The first-order valence-corrected chi connectivity index (χ1v) is 5.95. The van der Waals surface area contributed by atoms with E-state index in [2.05, 4.69) is 15.6 Å². The second-order valence-corrected chi connectivity index (χ2v) is 4.24. The molecule has 2 aromatic heterocycles. The maximum Gasteiger partial charge on any atom is 0.138 e. The Morgan fingerprint density at radius 2 is 2.22 bits per heavy atom. The van der Waals surface area contributed by atoms with E-state index in [1.807, 2.05) is 20.0 Å². The molecule has 6 nitrogen and oxygen atoms in total. The first kappa shape index (κ1) is 12.8. The van der Waals surface area contributed by atoms with Gasteiger partial charge in [0.15, 0.2) is 0 Å². The van der Waals surface area contributed by atoms with Crippen LogP contribution >= 0.6 is 0 Å². The van der Waals surface area contributed by atoms with Crippen LogP contribution in [0.4, 0.5) is 0 Å². The molecule has 0 aromatic carbocycles. The van der Waals surface area contributed by atoms with Gasteiger partial charge in [-0.1, -0.05) is 5.16 Å². The Kier molecular flexibility index (Phi) is 4.11. The van der Waals surface area contributed by atoms with Crippen LogP contribution in [0.1, 0.15) is 22.6 Å². The van der Waals surface area contributed by atoms with Crippen LogP contribution in [0.5, 0.6) is 0 Å². The van der Waals surface area contributed by atoms with E-state index in [1.54, 1.807) is 10.9 Å². The molecule has 6 heteroatoms. The van der Waals surface area contributed by atoms with Gasteiger partial charge in [0.25, 0.3) is 0 Å². The van der Waals surface area contributed by atoms with Crippen molar-refractivity contribution in [1.82, 2.24) is 20.3 Å². The number of aliphatic hydroxyl groups excluding tert-OH is 1. The lowest BCUT2D eigenvalue weighted by molar-refractivity contribution is 0.269. The standard InChI is InChI=1S/C12H18N4O2/c1-9-12(10(2)18-15-9)7-13-5-11-6-14-16(8-11)3-4-17/h6,8,13,17H,3-5,7H2,1-2H3. The number of nitrogens with zero attached hydrogens (tertiary/aromatic N) is 3. The van der Waals surface area contributed by atoms with E-state index >= 15 is 0 Å². The van der Waals surface area contributed by atoms with Crippen molar-refractivity contribution in [3.8, 4) is 0 Å². The first-order chi connectivity index (χ1) is 8.70. The summed E-state index contributed by atoms with van der Waals surface area (Å²) in [6.07, 6.45) is 3.73. The molecule has 0 aliphatic carbocycles. The van der Waals surface area contributed by atoms with Crippen LogP contribution in [0, 0.1) is 13.8 Å². The molecule has 2 heterocycles. The average molecular weight is 250 g/mol. The first-order valence-electron chi connectivity index (χ1n) is 5.95. The highest BCUT2D eigenvalue weighted by molar-refractivity contribution is 5.20. The number of hydrogen-bond acceptors (Lipinski definition) is 5. The minimum Gasteiger partial charge on any atom is -0.394 e. The summed E-state index contributed by atoms with van der Waals surface area (Å²) < 4.78 is 6.83. The third-order valence-electron chi connectivity index (χ3n) is 2.83.